The summed E-state index contributed by atoms with van der Waals surface area (Å²) in [6.07, 6.45) is 4.75. The second kappa shape index (κ2) is 9.23. The lowest BCUT2D eigenvalue weighted by atomic mass is 10.1. The number of amides is 2. The molecular formula is C25H21N7O3. The van der Waals surface area contributed by atoms with Crippen molar-refractivity contribution in [1.82, 2.24) is 19.5 Å². The number of fused-ring (bicyclic) bond motifs is 1. The molecule has 3 aromatic heterocycles. The zero-order valence-electron chi connectivity index (χ0n) is 18.6. The highest BCUT2D eigenvalue weighted by Gasteiger charge is 2.25. The number of carbonyl (C=O) groups excluding carboxylic acids is 2. The molecule has 10 heteroatoms. The van der Waals surface area contributed by atoms with Crippen LogP contribution in [0.25, 0.3) is 22.3 Å². The predicted molar refractivity (Wildman–Crippen MR) is 127 cm³/mol. The van der Waals surface area contributed by atoms with Gasteiger partial charge in [0.15, 0.2) is 0 Å². The van der Waals surface area contributed by atoms with Crippen LogP contribution >= 0.6 is 0 Å². The van der Waals surface area contributed by atoms with Gasteiger partial charge in [0.05, 0.1) is 34.7 Å². The predicted octanol–water partition coefficient (Wildman–Crippen LogP) is 3.73. The maximum Gasteiger partial charge on any atom is 0.419 e. The van der Waals surface area contributed by atoms with Crippen LogP contribution in [0.15, 0.2) is 55.0 Å². The molecule has 3 N–H and O–H groups in total. The number of nitrogens with one attached hydrogen (secondary N) is 1. The van der Waals surface area contributed by atoms with Crippen molar-refractivity contribution in [2.45, 2.75) is 31.7 Å². The molecule has 0 radical (unpaired) electrons. The van der Waals surface area contributed by atoms with Gasteiger partial charge in [-0.15, -0.1) is 0 Å². The summed E-state index contributed by atoms with van der Waals surface area (Å²) in [5.41, 5.74) is 9.82. The van der Waals surface area contributed by atoms with Crippen LogP contribution in [0.2, 0.25) is 0 Å². The maximum atomic E-state index is 12.5. The van der Waals surface area contributed by atoms with E-state index in [1.54, 1.807) is 18.5 Å². The van der Waals surface area contributed by atoms with Crippen molar-refractivity contribution in [2.75, 3.05) is 5.32 Å². The average molecular weight is 467 g/mol. The number of ether oxygens (including phenoxy) is 1. The number of pyridine rings is 2. The molecule has 0 aliphatic heterocycles. The Morgan fingerprint density at radius 1 is 1.17 bits per heavy atom. The van der Waals surface area contributed by atoms with Crippen LogP contribution in [-0.4, -0.2) is 31.5 Å². The number of rotatable bonds is 7. The van der Waals surface area contributed by atoms with Crippen molar-refractivity contribution in [3.63, 3.8) is 0 Å². The number of benzene rings is 1. The van der Waals surface area contributed by atoms with Crippen molar-refractivity contribution in [2.24, 2.45) is 5.73 Å². The van der Waals surface area contributed by atoms with Gasteiger partial charge in [-0.1, -0.05) is 6.07 Å². The second-order valence-corrected chi connectivity index (χ2v) is 8.31. The standard InChI is InChI=1S/C25H21N7O3/c26-13-15-5-7-28-23(9-15)31-25(34)35-24-12-18(16-1-2-16)11-19(30-24)17-3-4-21-20(10-17)29-14-32(21)8-6-22(27)33/h3-5,7,9-12,14,16H,1-2,6,8H2,(H2,27,33)(H,28,31,34). The van der Waals surface area contributed by atoms with Gasteiger partial charge in [-0.3, -0.25) is 10.1 Å². The van der Waals surface area contributed by atoms with Gasteiger partial charge in [-0.05, 0) is 54.7 Å². The molecule has 0 bridgehead atoms. The quantitative estimate of drug-likeness (QED) is 0.420. The molecule has 5 rings (SSSR count). The molecule has 0 unspecified atom stereocenters. The third-order valence-corrected chi connectivity index (χ3v) is 5.71. The fraction of sp³-hybridized carbons (Fsp3) is 0.200. The number of hydrogen-bond acceptors (Lipinski definition) is 7. The Balaban J connectivity index is 1.40. The number of aromatic nitrogens is 4. The van der Waals surface area contributed by atoms with Crippen LogP contribution in [0, 0.1) is 11.3 Å². The smallest absolute Gasteiger partial charge is 0.391 e. The van der Waals surface area contributed by atoms with Crippen molar-refractivity contribution >= 4 is 28.9 Å². The van der Waals surface area contributed by atoms with Gasteiger partial charge < -0.3 is 15.0 Å². The lowest BCUT2D eigenvalue weighted by molar-refractivity contribution is -0.118. The Kier molecular flexibility index (Phi) is 5.81. The van der Waals surface area contributed by atoms with Crippen molar-refractivity contribution in [1.29, 1.82) is 5.26 Å². The minimum atomic E-state index is -0.748. The Bertz CT molecular complexity index is 1480. The van der Waals surface area contributed by atoms with Crippen LogP contribution in [0.5, 0.6) is 5.88 Å². The van der Waals surface area contributed by atoms with E-state index in [1.165, 1.54) is 12.3 Å². The van der Waals surface area contributed by atoms with Crippen LogP contribution in [0.1, 0.15) is 36.3 Å². The van der Waals surface area contributed by atoms with Crippen LogP contribution < -0.4 is 15.8 Å². The summed E-state index contributed by atoms with van der Waals surface area (Å²) < 4.78 is 7.35. The second-order valence-electron chi connectivity index (χ2n) is 8.31. The summed E-state index contributed by atoms with van der Waals surface area (Å²) in [4.78, 5) is 36.6. The summed E-state index contributed by atoms with van der Waals surface area (Å²) in [5.74, 6) is 0.429. The first kappa shape index (κ1) is 22.0. The van der Waals surface area contributed by atoms with Gasteiger partial charge >= 0.3 is 6.09 Å². The van der Waals surface area contributed by atoms with E-state index in [0.717, 1.165) is 35.0 Å². The fourth-order valence-corrected chi connectivity index (χ4v) is 3.80. The van der Waals surface area contributed by atoms with E-state index >= 15 is 0 Å². The van der Waals surface area contributed by atoms with Gasteiger partial charge in [0.25, 0.3) is 0 Å². The first-order valence-corrected chi connectivity index (χ1v) is 11.1. The van der Waals surface area contributed by atoms with Crippen LogP contribution in [0.4, 0.5) is 10.6 Å². The van der Waals surface area contributed by atoms with Gasteiger partial charge in [0.2, 0.25) is 11.8 Å². The molecule has 1 aliphatic rings. The van der Waals surface area contributed by atoms with Crippen molar-refractivity contribution in [3.05, 3.63) is 66.1 Å². The van der Waals surface area contributed by atoms with E-state index in [-0.39, 0.29) is 24.0 Å². The molecule has 1 saturated carbocycles. The summed E-state index contributed by atoms with van der Waals surface area (Å²) in [7, 11) is 0. The van der Waals surface area contributed by atoms with Gasteiger partial charge in [-0.25, -0.2) is 19.7 Å². The first-order chi connectivity index (χ1) is 17.0. The lowest BCUT2D eigenvalue weighted by Crippen LogP contribution is -2.18. The average Bonchev–Trinajstić information content (AvgIpc) is 3.62. The van der Waals surface area contributed by atoms with Gasteiger partial charge in [0.1, 0.15) is 5.82 Å². The molecule has 1 fully saturated rings. The first-order valence-electron chi connectivity index (χ1n) is 11.1. The van der Waals surface area contributed by atoms with E-state index < -0.39 is 6.09 Å². The van der Waals surface area contributed by atoms with E-state index in [9.17, 15) is 9.59 Å². The number of nitrogens with zero attached hydrogens (tertiary/aromatic N) is 5. The highest BCUT2D eigenvalue weighted by Crippen LogP contribution is 2.42. The van der Waals surface area contributed by atoms with Gasteiger partial charge in [-0.2, -0.15) is 5.26 Å². The molecule has 2 amide bonds. The highest BCUT2D eigenvalue weighted by molar-refractivity contribution is 5.85. The number of anilines is 1. The van der Waals surface area contributed by atoms with Crippen LogP contribution in [0.3, 0.4) is 0 Å². The number of nitrogens with two attached hydrogens (primary N) is 1. The number of primary amides is 1. The third kappa shape index (κ3) is 5.09. The zero-order chi connectivity index (χ0) is 24.4. The molecule has 1 aliphatic carbocycles. The van der Waals surface area contributed by atoms with Gasteiger partial charge in [0, 0.05) is 30.8 Å². The molecule has 3 heterocycles. The van der Waals surface area contributed by atoms with Crippen LogP contribution in [-0.2, 0) is 11.3 Å². The Hall–Kier alpha value is -4.78. The summed E-state index contributed by atoms with van der Waals surface area (Å²) in [6, 6.07) is 14.5. The molecule has 4 aromatic rings. The van der Waals surface area contributed by atoms with E-state index in [0.29, 0.717) is 23.7 Å². The third-order valence-electron chi connectivity index (χ3n) is 5.71. The summed E-state index contributed by atoms with van der Waals surface area (Å²) in [5, 5.41) is 11.5. The SMILES string of the molecule is N#Cc1ccnc(NC(=O)Oc2cc(C3CC3)cc(-c3ccc4c(c3)ncn4CCC(N)=O)n2)c1. The minimum Gasteiger partial charge on any atom is -0.391 e. The molecule has 1 aromatic carbocycles. The number of imidazole rings is 1. The summed E-state index contributed by atoms with van der Waals surface area (Å²) in [6.45, 7) is 0.458. The molecule has 35 heavy (non-hydrogen) atoms. The number of hydrogen-bond donors (Lipinski definition) is 2. The molecule has 0 saturated heterocycles. The summed E-state index contributed by atoms with van der Waals surface area (Å²) >= 11 is 0. The normalized spacial score (nSPS) is 12.8. The Morgan fingerprint density at radius 2 is 2.03 bits per heavy atom. The number of nitriles is 1. The Labute approximate surface area is 200 Å². The molecular weight excluding hydrogens is 446 g/mol. The number of carbonyl (C=O) groups is 2. The zero-order valence-corrected chi connectivity index (χ0v) is 18.6. The fourth-order valence-electron chi connectivity index (χ4n) is 3.80. The van der Waals surface area contributed by atoms with E-state index in [2.05, 4.69) is 20.3 Å². The van der Waals surface area contributed by atoms with E-state index in [4.69, 9.17) is 15.7 Å². The molecule has 10 nitrogen and oxygen atoms in total. The molecule has 174 valence electrons. The topological polar surface area (TPSA) is 149 Å². The Morgan fingerprint density at radius 3 is 2.80 bits per heavy atom. The van der Waals surface area contributed by atoms with Crippen molar-refractivity contribution in [3.8, 4) is 23.2 Å². The highest BCUT2D eigenvalue weighted by atomic mass is 16.6. The minimum absolute atomic E-state index is 0.172. The molecule has 0 atom stereocenters. The maximum absolute atomic E-state index is 12.5. The lowest BCUT2D eigenvalue weighted by Gasteiger charge is -2.10. The van der Waals surface area contributed by atoms with Crippen molar-refractivity contribution < 1.29 is 14.3 Å². The molecule has 0 spiro atoms. The monoisotopic (exact) mass is 467 g/mol. The van der Waals surface area contributed by atoms with E-state index in [1.807, 2.05) is 34.9 Å². The number of aryl methyl sites for hydroxylation is 1. The largest absolute Gasteiger partial charge is 0.419 e.